The number of halogens is 3. The van der Waals surface area contributed by atoms with Crippen LogP contribution in [0.4, 0.5) is 14.5 Å². The highest BCUT2D eigenvalue weighted by molar-refractivity contribution is 9.10. The summed E-state index contributed by atoms with van der Waals surface area (Å²) in [6.45, 7) is -0.357. The van der Waals surface area contributed by atoms with E-state index in [1.54, 1.807) is 0 Å². The van der Waals surface area contributed by atoms with Crippen LogP contribution in [0, 0.1) is 11.6 Å². The topological polar surface area (TPSA) is 82.2 Å². The van der Waals surface area contributed by atoms with Gasteiger partial charge in [0.15, 0.2) is 5.82 Å². The van der Waals surface area contributed by atoms with Crippen LogP contribution in [0.1, 0.15) is 5.69 Å². The first-order chi connectivity index (χ1) is 9.33. The Labute approximate surface area is 121 Å². The lowest BCUT2D eigenvalue weighted by Crippen LogP contribution is -2.14. The number of H-pyrrole nitrogens is 1. The summed E-state index contributed by atoms with van der Waals surface area (Å²) in [4.78, 5) is 2.38. The minimum atomic E-state index is -4.05. The first-order valence-corrected chi connectivity index (χ1v) is 7.56. The minimum absolute atomic E-state index is 0.0588. The second-order valence-corrected chi connectivity index (χ2v) is 6.41. The predicted molar refractivity (Wildman–Crippen MR) is 71.6 cm³/mol. The van der Waals surface area contributed by atoms with Gasteiger partial charge < -0.3 is 10.1 Å². The second kappa shape index (κ2) is 5.51. The lowest BCUT2D eigenvalue weighted by atomic mass is 10.3. The third-order valence-electron chi connectivity index (χ3n) is 2.44. The van der Waals surface area contributed by atoms with Gasteiger partial charge in [-0.2, -0.15) is 0 Å². The molecular formula is C11H9BrF2N2O3S. The Bertz CT molecular complexity index is 723. The molecule has 1 aromatic heterocycles. The summed E-state index contributed by atoms with van der Waals surface area (Å²) in [5.74, 6) is -1.88. The van der Waals surface area contributed by atoms with Crippen molar-refractivity contribution in [3.8, 4) is 0 Å². The van der Waals surface area contributed by atoms with E-state index < -0.39 is 27.3 Å². The zero-order valence-electron chi connectivity index (χ0n) is 9.82. The molecule has 0 spiro atoms. The molecule has 0 aliphatic heterocycles. The molecule has 9 heteroatoms. The summed E-state index contributed by atoms with van der Waals surface area (Å²) in [6.07, 6.45) is 1.16. The van der Waals surface area contributed by atoms with Crippen LogP contribution in [0.5, 0.6) is 0 Å². The van der Waals surface area contributed by atoms with Crippen molar-refractivity contribution >= 4 is 31.6 Å². The van der Waals surface area contributed by atoms with E-state index in [9.17, 15) is 17.2 Å². The quantitative estimate of drug-likeness (QED) is 0.776. The Kier molecular flexibility index (Phi) is 4.11. The Balaban J connectivity index is 2.38. The zero-order valence-corrected chi connectivity index (χ0v) is 12.2. The van der Waals surface area contributed by atoms with Gasteiger partial charge in [-0.15, -0.1) is 0 Å². The molecule has 0 radical (unpaired) electrons. The fraction of sp³-hybridized carbons (Fsp3) is 0.0909. The number of aromatic amines is 1. The molecule has 0 saturated heterocycles. The van der Waals surface area contributed by atoms with Crippen molar-refractivity contribution in [2.75, 3.05) is 4.72 Å². The zero-order chi connectivity index (χ0) is 14.9. The Morgan fingerprint density at radius 2 is 2.00 bits per heavy atom. The standard InChI is InChI=1S/C11H9BrF2N2O3S/c12-9-1-6(13)2-10(14)11(9)16-20(18,19)8-3-7(5-17)15-4-8/h1-4,15-17H,5H2. The molecule has 0 amide bonds. The molecular weight excluding hydrogens is 358 g/mol. The fourth-order valence-corrected chi connectivity index (χ4v) is 3.24. The van der Waals surface area contributed by atoms with Crippen molar-refractivity contribution in [3.05, 3.63) is 46.2 Å². The molecule has 3 N–H and O–H groups in total. The van der Waals surface area contributed by atoms with Gasteiger partial charge in [0.05, 0.1) is 12.3 Å². The Morgan fingerprint density at radius 3 is 2.55 bits per heavy atom. The van der Waals surface area contributed by atoms with Crippen LogP contribution in [0.3, 0.4) is 0 Å². The normalized spacial score (nSPS) is 11.6. The first-order valence-electron chi connectivity index (χ1n) is 5.29. The number of aliphatic hydroxyl groups excluding tert-OH is 1. The van der Waals surface area contributed by atoms with Gasteiger partial charge >= 0.3 is 0 Å². The smallest absolute Gasteiger partial charge is 0.263 e. The summed E-state index contributed by atoms with van der Waals surface area (Å²) in [6, 6.07) is 2.72. The average Bonchev–Trinajstić information content (AvgIpc) is 2.83. The molecule has 0 aliphatic rings. The van der Waals surface area contributed by atoms with Crippen molar-refractivity contribution < 1.29 is 22.3 Å². The van der Waals surface area contributed by atoms with Crippen molar-refractivity contribution in [1.29, 1.82) is 0 Å². The number of hydrogen-bond acceptors (Lipinski definition) is 3. The highest BCUT2D eigenvalue weighted by Crippen LogP contribution is 2.29. The lowest BCUT2D eigenvalue weighted by molar-refractivity contribution is 0.277. The van der Waals surface area contributed by atoms with E-state index in [4.69, 9.17) is 5.11 Å². The maximum atomic E-state index is 13.6. The average molecular weight is 367 g/mol. The second-order valence-electron chi connectivity index (χ2n) is 3.87. The number of nitrogens with one attached hydrogen (secondary N) is 2. The predicted octanol–water partition coefficient (Wildman–Crippen LogP) is 2.35. The summed E-state index contributed by atoms with van der Waals surface area (Å²) in [7, 11) is -4.05. The van der Waals surface area contributed by atoms with Gasteiger partial charge in [0, 0.05) is 22.4 Å². The van der Waals surface area contributed by atoms with E-state index in [0.717, 1.165) is 12.3 Å². The molecule has 0 saturated carbocycles. The molecule has 0 aliphatic carbocycles. The number of rotatable bonds is 4. The lowest BCUT2D eigenvalue weighted by Gasteiger charge is -2.09. The van der Waals surface area contributed by atoms with E-state index in [1.807, 2.05) is 4.72 Å². The largest absolute Gasteiger partial charge is 0.390 e. The van der Waals surface area contributed by atoms with E-state index in [1.165, 1.54) is 6.07 Å². The minimum Gasteiger partial charge on any atom is -0.390 e. The fourth-order valence-electron chi connectivity index (χ4n) is 1.50. The molecule has 1 heterocycles. The number of aromatic nitrogens is 1. The van der Waals surface area contributed by atoms with Gasteiger partial charge in [-0.1, -0.05) is 0 Å². The molecule has 0 atom stereocenters. The monoisotopic (exact) mass is 366 g/mol. The summed E-state index contributed by atoms with van der Waals surface area (Å²) in [5.41, 5.74) is -0.0952. The summed E-state index contributed by atoms with van der Waals surface area (Å²) < 4.78 is 52.5. The van der Waals surface area contributed by atoms with Gasteiger partial charge in [0.2, 0.25) is 0 Å². The first kappa shape index (κ1) is 14.9. The molecule has 0 fully saturated rings. The van der Waals surface area contributed by atoms with Crippen molar-refractivity contribution in [2.45, 2.75) is 11.5 Å². The molecule has 108 valence electrons. The van der Waals surface area contributed by atoms with Crippen molar-refractivity contribution in [1.82, 2.24) is 4.98 Å². The van der Waals surface area contributed by atoms with Gasteiger partial charge in [-0.3, -0.25) is 4.72 Å². The number of aliphatic hydroxyl groups is 1. The maximum Gasteiger partial charge on any atom is 0.263 e. The van der Waals surface area contributed by atoms with Crippen LogP contribution in [0.15, 0.2) is 33.8 Å². The number of benzene rings is 1. The van der Waals surface area contributed by atoms with E-state index >= 15 is 0 Å². The van der Waals surface area contributed by atoms with Crippen molar-refractivity contribution in [2.24, 2.45) is 0 Å². The molecule has 5 nitrogen and oxygen atoms in total. The Morgan fingerprint density at radius 1 is 1.30 bits per heavy atom. The molecule has 2 aromatic rings. The van der Waals surface area contributed by atoms with Crippen molar-refractivity contribution in [3.63, 3.8) is 0 Å². The molecule has 1 aromatic carbocycles. The number of sulfonamides is 1. The molecule has 0 bridgehead atoms. The van der Waals surface area contributed by atoms with Crippen LogP contribution in [0.2, 0.25) is 0 Å². The van der Waals surface area contributed by atoms with Gasteiger partial charge in [-0.25, -0.2) is 17.2 Å². The molecule has 20 heavy (non-hydrogen) atoms. The maximum absolute atomic E-state index is 13.6. The van der Waals surface area contributed by atoms with E-state index in [-0.39, 0.29) is 16.0 Å². The highest BCUT2D eigenvalue weighted by Gasteiger charge is 2.20. The van der Waals surface area contributed by atoms with Crippen LogP contribution < -0.4 is 4.72 Å². The van der Waals surface area contributed by atoms with Gasteiger partial charge in [0.1, 0.15) is 10.7 Å². The van der Waals surface area contributed by atoms with E-state index in [2.05, 4.69) is 20.9 Å². The number of hydrogen-bond donors (Lipinski definition) is 3. The number of anilines is 1. The SMILES string of the molecule is O=S(=O)(Nc1c(F)cc(F)cc1Br)c1c[nH]c(CO)c1. The van der Waals surface area contributed by atoms with Crippen LogP contribution in [-0.4, -0.2) is 18.5 Å². The van der Waals surface area contributed by atoms with E-state index in [0.29, 0.717) is 11.8 Å². The highest BCUT2D eigenvalue weighted by atomic mass is 79.9. The van der Waals surface area contributed by atoms with Crippen LogP contribution in [0.25, 0.3) is 0 Å². The molecule has 0 unspecified atom stereocenters. The molecule has 2 rings (SSSR count). The third kappa shape index (κ3) is 3.00. The third-order valence-corrected chi connectivity index (χ3v) is 4.39. The Hall–Kier alpha value is -1.45. The van der Waals surface area contributed by atoms with Crippen LogP contribution in [-0.2, 0) is 16.6 Å². The van der Waals surface area contributed by atoms with Gasteiger partial charge in [0.25, 0.3) is 10.0 Å². The summed E-state index contributed by atoms with van der Waals surface area (Å²) in [5, 5.41) is 8.87. The van der Waals surface area contributed by atoms with Crippen LogP contribution >= 0.6 is 15.9 Å². The summed E-state index contributed by atoms with van der Waals surface area (Å²) >= 11 is 2.89. The van der Waals surface area contributed by atoms with Gasteiger partial charge in [-0.05, 0) is 28.1 Å².